The van der Waals surface area contributed by atoms with Crippen LogP contribution in [0.4, 0.5) is 13.2 Å². The van der Waals surface area contributed by atoms with Crippen molar-refractivity contribution in [2.75, 3.05) is 31.6 Å². The summed E-state index contributed by atoms with van der Waals surface area (Å²) in [5, 5.41) is 6.26. The van der Waals surface area contributed by atoms with Crippen LogP contribution in [0.3, 0.4) is 0 Å². The first-order valence-corrected chi connectivity index (χ1v) is 10.2. The lowest BCUT2D eigenvalue weighted by Crippen LogP contribution is -2.42. The molecule has 0 aromatic rings. The number of nitrogens with zero attached hydrogens (tertiary/aromatic N) is 1. The highest BCUT2D eigenvalue weighted by atomic mass is 127. The Hall–Kier alpha value is -0.260. The fourth-order valence-corrected chi connectivity index (χ4v) is 5.29. The van der Waals surface area contributed by atoms with Crippen LogP contribution in [0.15, 0.2) is 4.99 Å². The molecule has 0 aromatic heterocycles. The SMILES string of the molecule is CN=C(NCC1CCC(C(F)(F)F)CC1)NCC1CCS(=O)(=O)C1.I. The van der Waals surface area contributed by atoms with Gasteiger partial charge in [0.1, 0.15) is 0 Å². The van der Waals surface area contributed by atoms with E-state index in [2.05, 4.69) is 15.6 Å². The van der Waals surface area contributed by atoms with E-state index in [4.69, 9.17) is 0 Å². The summed E-state index contributed by atoms with van der Waals surface area (Å²) < 4.78 is 60.8. The van der Waals surface area contributed by atoms with Gasteiger partial charge in [-0.25, -0.2) is 8.42 Å². The summed E-state index contributed by atoms with van der Waals surface area (Å²) >= 11 is 0. The molecule has 0 bridgehead atoms. The van der Waals surface area contributed by atoms with E-state index in [1.54, 1.807) is 7.05 Å². The van der Waals surface area contributed by atoms with Crippen LogP contribution in [-0.2, 0) is 9.84 Å². The van der Waals surface area contributed by atoms with Crippen molar-refractivity contribution in [3.8, 4) is 0 Å². The molecule has 1 aliphatic heterocycles. The van der Waals surface area contributed by atoms with Crippen molar-refractivity contribution in [1.29, 1.82) is 0 Å². The van der Waals surface area contributed by atoms with E-state index in [0.29, 0.717) is 38.3 Å². The highest BCUT2D eigenvalue weighted by Crippen LogP contribution is 2.39. The third kappa shape index (κ3) is 7.48. The number of alkyl halides is 3. The van der Waals surface area contributed by atoms with Crippen molar-refractivity contribution >= 4 is 39.8 Å². The average molecular weight is 497 g/mol. The second-order valence-corrected chi connectivity index (χ2v) is 9.09. The zero-order valence-electron chi connectivity index (χ0n) is 14.3. The van der Waals surface area contributed by atoms with Crippen LogP contribution in [-0.4, -0.2) is 52.2 Å². The summed E-state index contributed by atoms with van der Waals surface area (Å²) in [5.41, 5.74) is 0. The van der Waals surface area contributed by atoms with Crippen LogP contribution < -0.4 is 10.6 Å². The molecule has 2 fully saturated rings. The van der Waals surface area contributed by atoms with Gasteiger partial charge in [-0.1, -0.05) is 0 Å². The molecule has 2 rings (SSSR count). The molecule has 1 saturated carbocycles. The molecule has 10 heteroatoms. The number of nitrogens with one attached hydrogen (secondary N) is 2. The van der Waals surface area contributed by atoms with E-state index in [1.165, 1.54) is 0 Å². The van der Waals surface area contributed by atoms with Crippen molar-refractivity contribution in [2.45, 2.75) is 38.3 Å². The summed E-state index contributed by atoms with van der Waals surface area (Å²) in [4.78, 5) is 4.09. The van der Waals surface area contributed by atoms with Crippen molar-refractivity contribution < 1.29 is 21.6 Å². The molecule has 0 amide bonds. The third-order valence-corrected chi connectivity index (χ3v) is 6.81. The first-order valence-electron chi connectivity index (χ1n) is 8.41. The molecule has 148 valence electrons. The van der Waals surface area contributed by atoms with Gasteiger partial charge in [-0.3, -0.25) is 4.99 Å². The lowest BCUT2D eigenvalue weighted by molar-refractivity contribution is -0.183. The molecule has 1 aliphatic carbocycles. The molecule has 2 N–H and O–H groups in total. The van der Waals surface area contributed by atoms with Crippen molar-refractivity contribution in [2.24, 2.45) is 22.7 Å². The van der Waals surface area contributed by atoms with E-state index in [1.807, 2.05) is 0 Å². The number of sulfone groups is 1. The highest BCUT2D eigenvalue weighted by Gasteiger charge is 2.41. The number of guanidine groups is 1. The van der Waals surface area contributed by atoms with E-state index < -0.39 is 21.9 Å². The predicted octanol–water partition coefficient (Wildman–Crippen LogP) is 2.57. The molecule has 1 atom stereocenters. The van der Waals surface area contributed by atoms with Gasteiger partial charge in [-0.2, -0.15) is 13.2 Å². The quantitative estimate of drug-likeness (QED) is 0.356. The lowest BCUT2D eigenvalue weighted by Gasteiger charge is -2.30. The zero-order chi connectivity index (χ0) is 17.8. The van der Waals surface area contributed by atoms with Crippen LogP contribution in [0.25, 0.3) is 0 Å². The second kappa shape index (κ2) is 9.61. The molecule has 2 aliphatic rings. The van der Waals surface area contributed by atoms with E-state index in [0.717, 1.165) is 0 Å². The van der Waals surface area contributed by atoms with Gasteiger partial charge in [0.15, 0.2) is 15.8 Å². The van der Waals surface area contributed by atoms with Gasteiger partial charge in [-0.05, 0) is 43.9 Å². The Bertz CT molecular complexity index is 547. The van der Waals surface area contributed by atoms with Crippen LogP contribution in [0.5, 0.6) is 0 Å². The third-order valence-electron chi connectivity index (χ3n) is 4.98. The Morgan fingerprint density at radius 2 is 1.60 bits per heavy atom. The van der Waals surface area contributed by atoms with Gasteiger partial charge in [0.2, 0.25) is 0 Å². The standard InChI is InChI=1S/C15H26F3N3O2S.HI/c1-19-14(21-9-12-6-7-24(22,23)10-12)20-8-11-2-4-13(5-3-11)15(16,17)18;/h11-13H,2-10H2,1H3,(H2,19,20,21);1H. The average Bonchev–Trinajstić information content (AvgIpc) is 2.86. The molecule has 0 radical (unpaired) electrons. The van der Waals surface area contributed by atoms with Crippen molar-refractivity contribution in [3.63, 3.8) is 0 Å². The smallest absolute Gasteiger partial charge is 0.356 e. The van der Waals surface area contributed by atoms with Gasteiger partial charge in [0.05, 0.1) is 17.4 Å². The highest BCUT2D eigenvalue weighted by molar-refractivity contribution is 14.0. The van der Waals surface area contributed by atoms with Crippen molar-refractivity contribution in [3.05, 3.63) is 0 Å². The number of hydrogen-bond donors (Lipinski definition) is 2. The van der Waals surface area contributed by atoms with Crippen LogP contribution in [0.2, 0.25) is 0 Å². The van der Waals surface area contributed by atoms with Gasteiger partial charge in [-0.15, -0.1) is 24.0 Å². The van der Waals surface area contributed by atoms with E-state index in [-0.39, 0.29) is 60.2 Å². The molecule has 1 unspecified atom stereocenters. The Morgan fingerprint density at radius 3 is 2.04 bits per heavy atom. The molecular formula is C15H27F3IN3O2S. The second-order valence-electron chi connectivity index (χ2n) is 6.86. The lowest BCUT2D eigenvalue weighted by atomic mass is 9.81. The Morgan fingerprint density at radius 1 is 1.04 bits per heavy atom. The first kappa shape index (κ1) is 22.8. The normalized spacial score (nSPS) is 29.8. The van der Waals surface area contributed by atoms with Gasteiger partial charge in [0.25, 0.3) is 0 Å². The summed E-state index contributed by atoms with van der Waals surface area (Å²) in [6.07, 6.45) is -1.89. The van der Waals surface area contributed by atoms with Gasteiger partial charge >= 0.3 is 6.18 Å². The first-order chi connectivity index (χ1) is 11.2. The van der Waals surface area contributed by atoms with Crippen LogP contribution in [0.1, 0.15) is 32.1 Å². The topological polar surface area (TPSA) is 70.6 Å². The van der Waals surface area contributed by atoms with Gasteiger partial charge in [0, 0.05) is 20.1 Å². The molecule has 0 spiro atoms. The fraction of sp³-hybridized carbons (Fsp3) is 0.933. The van der Waals surface area contributed by atoms with Gasteiger partial charge < -0.3 is 10.6 Å². The summed E-state index contributed by atoms with van der Waals surface area (Å²) in [7, 11) is -1.26. The van der Waals surface area contributed by atoms with E-state index in [9.17, 15) is 21.6 Å². The Balaban J connectivity index is 0.00000312. The number of rotatable bonds is 4. The molecule has 1 saturated heterocycles. The zero-order valence-corrected chi connectivity index (χ0v) is 17.5. The number of aliphatic imine (C=N–C) groups is 1. The minimum Gasteiger partial charge on any atom is -0.356 e. The molecule has 5 nitrogen and oxygen atoms in total. The van der Waals surface area contributed by atoms with E-state index >= 15 is 0 Å². The van der Waals surface area contributed by atoms with Crippen LogP contribution in [0, 0.1) is 17.8 Å². The summed E-state index contributed by atoms with van der Waals surface area (Å²) in [5.74, 6) is 0.184. The van der Waals surface area contributed by atoms with Crippen LogP contribution >= 0.6 is 24.0 Å². The number of hydrogen-bond acceptors (Lipinski definition) is 3. The maximum absolute atomic E-state index is 12.7. The predicted molar refractivity (Wildman–Crippen MR) is 103 cm³/mol. The largest absolute Gasteiger partial charge is 0.391 e. The minimum absolute atomic E-state index is 0. The molecule has 0 aromatic carbocycles. The Kier molecular flexibility index (Phi) is 8.76. The summed E-state index contributed by atoms with van der Waals surface area (Å²) in [6, 6.07) is 0. The molecular weight excluding hydrogens is 470 g/mol. The maximum atomic E-state index is 12.7. The fourth-order valence-electron chi connectivity index (χ4n) is 3.43. The Labute approximate surface area is 164 Å². The molecule has 25 heavy (non-hydrogen) atoms. The summed E-state index contributed by atoms with van der Waals surface area (Å²) in [6.45, 7) is 1.13. The monoisotopic (exact) mass is 497 g/mol. The minimum atomic E-state index is -4.07. The molecule has 1 heterocycles. The number of halogens is 4. The maximum Gasteiger partial charge on any atom is 0.391 e. The van der Waals surface area contributed by atoms with Crippen molar-refractivity contribution in [1.82, 2.24) is 10.6 Å².